The molecule has 1 aromatic heterocycles. The Hall–Kier alpha value is -2.82. The van der Waals surface area contributed by atoms with Gasteiger partial charge in [0, 0.05) is 15.6 Å². The molecule has 0 fully saturated rings. The van der Waals surface area contributed by atoms with E-state index in [1.807, 2.05) is 74.5 Å². The highest BCUT2D eigenvalue weighted by molar-refractivity contribution is 6.35. The first-order valence-corrected chi connectivity index (χ1v) is 10.4. The predicted octanol–water partition coefficient (Wildman–Crippen LogP) is 6.19. The third kappa shape index (κ3) is 4.20. The number of amides is 1. The van der Waals surface area contributed by atoms with Crippen LogP contribution >= 0.6 is 23.2 Å². The number of carbonyl (C=O) groups excluding carboxylic acids is 1. The minimum absolute atomic E-state index is 0.130. The van der Waals surface area contributed by atoms with E-state index in [1.165, 1.54) is 0 Å². The maximum absolute atomic E-state index is 12.8. The Kier molecular flexibility index (Phi) is 5.80. The smallest absolute Gasteiger partial charge is 0.251 e. The summed E-state index contributed by atoms with van der Waals surface area (Å²) in [5.41, 5.74) is 4.46. The number of nitrogens with zero attached hydrogens (tertiary/aromatic N) is 2. The topological polar surface area (TPSA) is 46.9 Å². The summed E-state index contributed by atoms with van der Waals surface area (Å²) in [6.45, 7) is 4.43. The summed E-state index contributed by atoms with van der Waals surface area (Å²) >= 11 is 12.5. The van der Waals surface area contributed by atoms with Crippen molar-refractivity contribution < 1.29 is 4.79 Å². The number of nitrogens with one attached hydrogen (secondary N) is 1. The Morgan fingerprint density at radius 2 is 1.87 bits per heavy atom. The monoisotopic (exact) mass is 437 g/mol. The van der Waals surface area contributed by atoms with Crippen molar-refractivity contribution in [1.82, 2.24) is 14.9 Å². The summed E-state index contributed by atoms with van der Waals surface area (Å²) in [7, 11) is 0. The number of para-hydroxylation sites is 2. The van der Waals surface area contributed by atoms with Crippen LogP contribution in [0.2, 0.25) is 10.0 Å². The molecule has 152 valence electrons. The van der Waals surface area contributed by atoms with E-state index >= 15 is 0 Å². The predicted molar refractivity (Wildman–Crippen MR) is 122 cm³/mol. The van der Waals surface area contributed by atoms with Crippen molar-refractivity contribution >= 4 is 40.1 Å². The van der Waals surface area contributed by atoms with E-state index < -0.39 is 0 Å². The van der Waals surface area contributed by atoms with Crippen LogP contribution in [0.5, 0.6) is 0 Å². The minimum atomic E-state index is -0.295. The van der Waals surface area contributed by atoms with Crippen LogP contribution in [0.25, 0.3) is 11.0 Å². The van der Waals surface area contributed by atoms with Crippen molar-refractivity contribution in [1.29, 1.82) is 0 Å². The highest BCUT2D eigenvalue weighted by Gasteiger charge is 2.20. The summed E-state index contributed by atoms with van der Waals surface area (Å²) in [5.74, 6) is 0.637. The summed E-state index contributed by atoms with van der Waals surface area (Å²) < 4.78 is 2.09. The Morgan fingerprint density at radius 3 is 2.63 bits per heavy atom. The van der Waals surface area contributed by atoms with Gasteiger partial charge < -0.3 is 9.88 Å². The SMILES string of the molecule is Cc1cccc(C(=O)NC(C)c2nc3ccccc3n2Cc2ccc(Cl)cc2Cl)c1. The molecule has 0 aliphatic heterocycles. The third-order valence-corrected chi connectivity index (χ3v) is 5.63. The Balaban J connectivity index is 1.69. The highest BCUT2D eigenvalue weighted by Crippen LogP contribution is 2.26. The fourth-order valence-corrected chi connectivity index (χ4v) is 4.01. The molecule has 1 atom stereocenters. The van der Waals surface area contributed by atoms with Gasteiger partial charge in [0.05, 0.1) is 23.6 Å². The van der Waals surface area contributed by atoms with E-state index in [0.717, 1.165) is 28.0 Å². The molecule has 6 heteroatoms. The number of aromatic nitrogens is 2. The van der Waals surface area contributed by atoms with Crippen LogP contribution in [0.4, 0.5) is 0 Å². The first-order chi connectivity index (χ1) is 14.4. The van der Waals surface area contributed by atoms with Crippen molar-refractivity contribution in [2.75, 3.05) is 0 Å². The lowest BCUT2D eigenvalue weighted by Gasteiger charge is -2.17. The molecule has 1 amide bonds. The number of halogens is 2. The maximum atomic E-state index is 12.8. The molecule has 0 aliphatic carbocycles. The molecule has 0 radical (unpaired) electrons. The third-order valence-electron chi connectivity index (χ3n) is 5.04. The van der Waals surface area contributed by atoms with Crippen LogP contribution in [0.15, 0.2) is 66.7 Å². The average molecular weight is 438 g/mol. The molecule has 4 rings (SSSR count). The molecule has 1 heterocycles. The number of imidazole rings is 1. The summed E-state index contributed by atoms with van der Waals surface area (Å²) in [6.07, 6.45) is 0. The van der Waals surface area contributed by atoms with Crippen molar-refractivity contribution in [3.05, 3.63) is 99.3 Å². The van der Waals surface area contributed by atoms with Crippen LogP contribution < -0.4 is 5.32 Å². The molecule has 1 unspecified atom stereocenters. The standard InChI is InChI=1S/C24H21Cl2N3O/c1-15-6-5-7-17(12-15)24(30)27-16(2)23-28-21-8-3-4-9-22(21)29(23)14-18-10-11-19(25)13-20(18)26/h3-13,16H,14H2,1-2H3,(H,27,30). The van der Waals surface area contributed by atoms with Crippen LogP contribution in [0.3, 0.4) is 0 Å². The number of rotatable bonds is 5. The normalized spacial score (nSPS) is 12.1. The van der Waals surface area contributed by atoms with Crippen LogP contribution in [-0.4, -0.2) is 15.5 Å². The molecular formula is C24H21Cl2N3O. The molecule has 0 bridgehead atoms. The number of carbonyl (C=O) groups is 1. The molecule has 4 aromatic rings. The Bertz CT molecular complexity index is 1230. The minimum Gasteiger partial charge on any atom is -0.342 e. The lowest BCUT2D eigenvalue weighted by molar-refractivity contribution is 0.0937. The summed E-state index contributed by atoms with van der Waals surface area (Å²) in [5, 5.41) is 4.27. The molecule has 3 aromatic carbocycles. The van der Waals surface area contributed by atoms with E-state index in [1.54, 1.807) is 6.07 Å². The van der Waals surface area contributed by atoms with Gasteiger partial charge in [0.2, 0.25) is 0 Å². The van der Waals surface area contributed by atoms with Crippen LogP contribution in [-0.2, 0) is 6.54 Å². The van der Waals surface area contributed by atoms with Gasteiger partial charge in [-0.15, -0.1) is 0 Å². The number of benzene rings is 3. The van der Waals surface area contributed by atoms with Gasteiger partial charge in [-0.1, -0.05) is 59.1 Å². The van der Waals surface area contributed by atoms with Crippen molar-refractivity contribution in [3.8, 4) is 0 Å². The maximum Gasteiger partial charge on any atom is 0.251 e. The van der Waals surface area contributed by atoms with Gasteiger partial charge in [-0.05, 0) is 55.8 Å². The lowest BCUT2D eigenvalue weighted by Crippen LogP contribution is -2.29. The van der Waals surface area contributed by atoms with Gasteiger partial charge in [-0.25, -0.2) is 4.98 Å². The van der Waals surface area contributed by atoms with Crippen LogP contribution in [0, 0.1) is 6.92 Å². The lowest BCUT2D eigenvalue weighted by atomic mass is 10.1. The van der Waals surface area contributed by atoms with Gasteiger partial charge in [-0.3, -0.25) is 4.79 Å². The largest absolute Gasteiger partial charge is 0.342 e. The average Bonchev–Trinajstić information content (AvgIpc) is 3.09. The zero-order valence-corrected chi connectivity index (χ0v) is 18.2. The van der Waals surface area contributed by atoms with E-state index in [2.05, 4.69) is 9.88 Å². The quantitative estimate of drug-likeness (QED) is 0.404. The van der Waals surface area contributed by atoms with Gasteiger partial charge in [0.15, 0.2) is 0 Å². The second kappa shape index (κ2) is 8.50. The van der Waals surface area contributed by atoms with Gasteiger partial charge >= 0.3 is 0 Å². The zero-order valence-electron chi connectivity index (χ0n) is 16.7. The fourth-order valence-electron chi connectivity index (χ4n) is 3.54. The van der Waals surface area contributed by atoms with Crippen molar-refractivity contribution in [3.63, 3.8) is 0 Å². The Morgan fingerprint density at radius 1 is 1.07 bits per heavy atom. The van der Waals surface area contributed by atoms with Gasteiger partial charge in [0.25, 0.3) is 5.91 Å². The summed E-state index contributed by atoms with van der Waals surface area (Å²) in [4.78, 5) is 17.6. The van der Waals surface area contributed by atoms with E-state index in [4.69, 9.17) is 28.2 Å². The number of hydrogen-bond donors (Lipinski definition) is 1. The first-order valence-electron chi connectivity index (χ1n) is 9.69. The van der Waals surface area contributed by atoms with Gasteiger partial charge in [-0.2, -0.15) is 0 Å². The van der Waals surface area contributed by atoms with Crippen molar-refractivity contribution in [2.45, 2.75) is 26.4 Å². The number of fused-ring (bicyclic) bond motifs is 1. The Labute approximate surface area is 185 Å². The molecule has 0 saturated carbocycles. The summed E-state index contributed by atoms with van der Waals surface area (Å²) in [6, 6.07) is 20.6. The van der Waals surface area contributed by atoms with E-state index in [9.17, 15) is 4.79 Å². The van der Waals surface area contributed by atoms with E-state index in [0.29, 0.717) is 22.2 Å². The molecule has 1 N–H and O–H groups in total. The van der Waals surface area contributed by atoms with Gasteiger partial charge in [0.1, 0.15) is 5.82 Å². The zero-order chi connectivity index (χ0) is 21.3. The molecule has 30 heavy (non-hydrogen) atoms. The molecular weight excluding hydrogens is 417 g/mol. The molecule has 0 spiro atoms. The van der Waals surface area contributed by atoms with Crippen LogP contribution in [0.1, 0.15) is 40.3 Å². The second-order valence-corrected chi connectivity index (χ2v) is 8.19. The molecule has 0 aliphatic rings. The highest BCUT2D eigenvalue weighted by atomic mass is 35.5. The first kappa shape index (κ1) is 20.5. The fraction of sp³-hybridized carbons (Fsp3) is 0.167. The molecule has 4 nitrogen and oxygen atoms in total. The molecule has 0 saturated heterocycles. The van der Waals surface area contributed by atoms with Crippen molar-refractivity contribution in [2.24, 2.45) is 0 Å². The number of aryl methyl sites for hydroxylation is 1. The van der Waals surface area contributed by atoms with E-state index in [-0.39, 0.29) is 11.9 Å². The number of hydrogen-bond acceptors (Lipinski definition) is 2. The second-order valence-electron chi connectivity index (χ2n) is 7.35.